The number of aliphatic hydroxyl groups excluding tert-OH is 1. The van der Waals surface area contributed by atoms with E-state index in [0.717, 1.165) is 0 Å². The molecular weight excluding hydrogens is 248 g/mol. The van der Waals surface area contributed by atoms with Crippen molar-refractivity contribution in [2.75, 3.05) is 6.61 Å². The molecule has 0 amide bonds. The van der Waals surface area contributed by atoms with E-state index in [1.54, 1.807) is 0 Å². The van der Waals surface area contributed by atoms with Gasteiger partial charge in [0.1, 0.15) is 24.4 Å². The van der Waals surface area contributed by atoms with Gasteiger partial charge in [0.05, 0.1) is 6.61 Å². The van der Waals surface area contributed by atoms with Gasteiger partial charge < -0.3 is 24.1 Å². The van der Waals surface area contributed by atoms with E-state index in [4.69, 9.17) is 18.9 Å². The van der Waals surface area contributed by atoms with Gasteiger partial charge in [-0.3, -0.25) is 0 Å². The molecule has 0 radical (unpaired) electrons. The third-order valence-electron chi connectivity index (χ3n) is 3.29. The van der Waals surface area contributed by atoms with Crippen molar-refractivity contribution in [1.29, 1.82) is 0 Å². The molecule has 2 heterocycles. The van der Waals surface area contributed by atoms with E-state index < -0.39 is 29.9 Å². The molecule has 0 aliphatic carbocycles. The Balaban J connectivity index is 2.07. The normalized spacial score (nSPS) is 38.9. The first-order chi connectivity index (χ1) is 8.74. The highest BCUT2D eigenvalue weighted by atomic mass is 16.8. The lowest BCUT2D eigenvalue weighted by molar-refractivity contribution is -0.178. The Morgan fingerprint density at radius 2 is 1.79 bits per heavy atom. The zero-order valence-corrected chi connectivity index (χ0v) is 12.3. The van der Waals surface area contributed by atoms with E-state index in [2.05, 4.69) is 0 Å². The lowest BCUT2D eigenvalue weighted by Gasteiger charge is -2.26. The maximum atomic E-state index is 10.5. The van der Waals surface area contributed by atoms with Crippen LogP contribution < -0.4 is 0 Å². The van der Waals surface area contributed by atoms with E-state index in [1.165, 1.54) is 0 Å². The van der Waals surface area contributed by atoms with Crippen LogP contribution in [0.1, 0.15) is 34.6 Å². The minimum absolute atomic E-state index is 0.276. The van der Waals surface area contributed by atoms with Gasteiger partial charge in [-0.25, -0.2) is 0 Å². The van der Waals surface area contributed by atoms with Crippen molar-refractivity contribution in [1.82, 2.24) is 0 Å². The minimum Gasteiger partial charge on any atom is -0.387 e. The summed E-state index contributed by atoms with van der Waals surface area (Å²) in [6.07, 6.45) is 1.88. The van der Waals surface area contributed by atoms with Crippen LogP contribution in [0.5, 0.6) is 0 Å². The first-order valence-corrected chi connectivity index (χ1v) is 6.72. The molecule has 0 spiro atoms. The van der Waals surface area contributed by atoms with Crippen molar-refractivity contribution < 1.29 is 24.1 Å². The molecule has 1 N–H and O–H groups in total. The third kappa shape index (κ3) is 3.35. The zero-order chi connectivity index (χ0) is 14.3. The fraction of sp³-hybridized carbons (Fsp3) is 0.857. The summed E-state index contributed by atoms with van der Waals surface area (Å²) in [6, 6.07) is 0. The lowest BCUT2D eigenvalue weighted by Crippen LogP contribution is -2.44. The minimum atomic E-state index is -0.787. The molecule has 2 saturated heterocycles. The first kappa shape index (κ1) is 14.9. The van der Waals surface area contributed by atoms with Gasteiger partial charge in [-0.15, -0.1) is 0 Å². The molecule has 5 nitrogen and oxygen atoms in total. The smallest absolute Gasteiger partial charge is 0.164 e. The van der Waals surface area contributed by atoms with E-state index in [0.29, 0.717) is 6.61 Å². The molecule has 2 aliphatic rings. The number of allylic oxidation sites excluding steroid dienone is 1. The molecule has 110 valence electrons. The molecule has 0 aromatic heterocycles. The Morgan fingerprint density at radius 3 is 2.32 bits per heavy atom. The van der Waals surface area contributed by atoms with Crippen molar-refractivity contribution in [2.45, 2.75) is 70.6 Å². The number of ether oxygens (including phenoxy) is 4. The summed E-state index contributed by atoms with van der Waals surface area (Å²) in [5, 5.41) is 10.5. The average Bonchev–Trinajstić information content (AvgIpc) is 2.78. The summed E-state index contributed by atoms with van der Waals surface area (Å²) in [6.45, 7) is 9.62. The second-order valence-corrected chi connectivity index (χ2v) is 5.95. The summed E-state index contributed by atoms with van der Waals surface area (Å²) < 4.78 is 22.7. The summed E-state index contributed by atoms with van der Waals surface area (Å²) >= 11 is 0. The standard InChI is InChI=1S/C14H24O5/c1-6-7-9-12(19-14(4,5)17-9)11(15)10-8-16-13(2,3)18-10/h6-7,9-12,15H,8H2,1-5H3/b7-6+/t9-,10-,11+,12-/m0/s1. The fourth-order valence-corrected chi connectivity index (χ4v) is 2.52. The number of rotatable bonds is 3. The van der Waals surface area contributed by atoms with Gasteiger partial charge in [-0.1, -0.05) is 12.2 Å². The predicted octanol–water partition coefficient (Wildman–Crippen LogP) is 1.59. The van der Waals surface area contributed by atoms with Gasteiger partial charge >= 0.3 is 0 Å². The maximum Gasteiger partial charge on any atom is 0.164 e. The summed E-state index contributed by atoms with van der Waals surface area (Å²) in [5.41, 5.74) is 0. The van der Waals surface area contributed by atoms with Crippen LogP contribution in [0.4, 0.5) is 0 Å². The number of hydrogen-bond acceptors (Lipinski definition) is 5. The van der Waals surface area contributed by atoms with Crippen molar-refractivity contribution >= 4 is 0 Å². The monoisotopic (exact) mass is 272 g/mol. The predicted molar refractivity (Wildman–Crippen MR) is 69.5 cm³/mol. The second-order valence-electron chi connectivity index (χ2n) is 5.95. The van der Waals surface area contributed by atoms with Crippen LogP contribution in [0.15, 0.2) is 12.2 Å². The Hall–Kier alpha value is -0.460. The molecule has 4 atom stereocenters. The van der Waals surface area contributed by atoms with E-state index in [1.807, 2.05) is 46.8 Å². The molecule has 0 aromatic carbocycles. The van der Waals surface area contributed by atoms with Crippen molar-refractivity contribution in [3.63, 3.8) is 0 Å². The summed E-state index contributed by atoms with van der Waals surface area (Å²) in [7, 11) is 0. The Morgan fingerprint density at radius 1 is 1.11 bits per heavy atom. The van der Waals surface area contributed by atoms with Gasteiger partial charge in [0.15, 0.2) is 11.6 Å². The van der Waals surface area contributed by atoms with Gasteiger partial charge in [-0.05, 0) is 34.6 Å². The molecule has 2 rings (SSSR count). The molecular formula is C14H24O5. The van der Waals surface area contributed by atoms with Gasteiger partial charge in [-0.2, -0.15) is 0 Å². The van der Waals surface area contributed by atoms with E-state index >= 15 is 0 Å². The molecule has 0 bridgehead atoms. The van der Waals surface area contributed by atoms with Crippen LogP contribution in [0.3, 0.4) is 0 Å². The Bertz CT molecular complexity index is 350. The Labute approximate surface area is 114 Å². The summed E-state index contributed by atoms with van der Waals surface area (Å²) in [5.74, 6) is -1.36. The van der Waals surface area contributed by atoms with Crippen LogP contribution in [0.2, 0.25) is 0 Å². The SMILES string of the molecule is C/C=C/[C@@H]1OC(C)(C)O[C@@H]1[C@H](O)[C@@H]1COC(C)(C)O1. The van der Waals surface area contributed by atoms with E-state index in [-0.39, 0.29) is 6.10 Å². The number of hydrogen-bond donors (Lipinski definition) is 1. The molecule has 0 aromatic rings. The molecule has 2 aliphatic heterocycles. The number of aliphatic hydroxyl groups is 1. The Kier molecular flexibility index (Phi) is 4.05. The van der Waals surface area contributed by atoms with Gasteiger partial charge in [0, 0.05) is 0 Å². The quantitative estimate of drug-likeness (QED) is 0.791. The zero-order valence-electron chi connectivity index (χ0n) is 12.3. The fourth-order valence-electron chi connectivity index (χ4n) is 2.52. The first-order valence-electron chi connectivity index (χ1n) is 6.72. The summed E-state index contributed by atoms with van der Waals surface area (Å²) in [4.78, 5) is 0. The van der Waals surface area contributed by atoms with Crippen molar-refractivity contribution in [3.8, 4) is 0 Å². The second kappa shape index (κ2) is 5.14. The van der Waals surface area contributed by atoms with Crippen LogP contribution in [-0.2, 0) is 18.9 Å². The molecule has 5 heteroatoms. The van der Waals surface area contributed by atoms with Gasteiger partial charge in [0.25, 0.3) is 0 Å². The van der Waals surface area contributed by atoms with Crippen LogP contribution in [0, 0.1) is 0 Å². The lowest BCUT2D eigenvalue weighted by atomic mass is 10.0. The van der Waals surface area contributed by atoms with Crippen LogP contribution in [-0.4, -0.2) is 47.7 Å². The van der Waals surface area contributed by atoms with Crippen LogP contribution in [0.25, 0.3) is 0 Å². The van der Waals surface area contributed by atoms with Gasteiger partial charge in [0.2, 0.25) is 0 Å². The van der Waals surface area contributed by atoms with Crippen molar-refractivity contribution in [2.24, 2.45) is 0 Å². The topological polar surface area (TPSA) is 57.2 Å². The van der Waals surface area contributed by atoms with E-state index in [9.17, 15) is 5.11 Å². The highest BCUT2D eigenvalue weighted by Crippen LogP contribution is 2.34. The molecule has 0 unspecified atom stereocenters. The molecule has 19 heavy (non-hydrogen) atoms. The average molecular weight is 272 g/mol. The maximum absolute atomic E-state index is 10.5. The highest BCUT2D eigenvalue weighted by molar-refractivity contribution is 5.01. The third-order valence-corrected chi connectivity index (χ3v) is 3.29. The van der Waals surface area contributed by atoms with Crippen molar-refractivity contribution in [3.05, 3.63) is 12.2 Å². The molecule has 2 fully saturated rings. The highest BCUT2D eigenvalue weighted by Gasteiger charge is 2.48. The molecule has 0 saturated carbocycles. The largest absolute Gasteiger partial charge is 0.387 e. The van der Waals surface area contributed by atoms with Crippen LogP contribution >= 0.6 is 0 Å².